The van der Waals surface area contributed by atoms with Crippen LogP contribution in [0.3, 0.4) is 0 Å². The van der Waals surface area contributed by atoms with E-state index in [4.69, 9.17) is 4.74 Å². The van der Waals surface area contributed by atoms with Crippen molar-refractivity contribution < 1.29 is 37.4 Å². The lowest BCUT2D eigenvalue weighted by Crippen LogP contribution is -2.47. The van der Waals surface area contributed by atoms with Gasteiger partial charge in [-0.3, -0.25) is 14.7 Å². The highest BCUT2D eigenvalue weighted by atomic mass is 19.3. The Kier molecular flexibility index (Phi) is 6.00. The maximum absolute atomic E-state index is 14.7. The number of alkyl halides is 3. The van der Waals surface area contributed by atoms with E-state index in [2.05, 4.69) is 20.5 Å². The Morgan fingerprint density at radius 3 is 2.62 bits per heavy atom. The third-order valence-electron chi connectivity index (χ3n) is 6.70. The number of hydrogen-bond acceptors (Lipinski definition) is 6. The van der Waals surface area contributed by atoms with Gasteiger partial charge in [0.15, 0.2) is 5.69 Å². The van der Waals surface area contributed by atoms with E-state index in [1.165, 1.54) is 24.3 Å². The molecule has 10 nitrogen and oxygen atoms in total. The zero-order valence-corrected chi connectivity index (χ0v) is 19.5. The number of methoxy groups -OCH3 is 1. The summed E-state index contributed by atoms with van der Waals surface area (Å²) in [5, 5.41) is 18.6. The fraction of sp³-hybridized carbons (Fsp3) is 0.375. The summed E-state index contributed by atoms with van der Waals surface area (Å²) < 4.78 is 46.2. The van der Waals surface area contributed by atoms with Crippen molar-refractivity contribution in [2.45, 2.75) is 31.0 Å². The Bertz CT molecular complexity index is 1400. The maximum Gasteiger partial charge on any atom is 0.357 e. The number of aromatic nitrogens is 3. The molecule has 5 rings (SSSR count). The molecule has 2 atom stereocenters. The van der Waals surface area contributed by atoms with E-state index in [9.17, 15) is 32.7 Å². The molecule has 194 valence electrons. The Morgan fingerprint density at radius 1 is 1.19 bits per heavy atom. The van der Waals surface area contributed by atoms with Gasteiger partial charge in [0.05, 0.1) is 25.2 Å². The molecule has 1 aliphatic heterocycles. The van der Waals surface area contributed by atoms with Crippen LogP contribution in [0, 0.1) is 5.92 Å². The van der Waals surface area contributed by atoms with E-state index in [0.29, 0.717) is 22.0 Å². The molecule has 1 saturated carbocycles. The molecule has 3 heterocycles. The molecular formula is C24H22F3N5O5. The second-order valence-electron chi connectivity index (χ2n) is 9.22. The summed E-state index contributed by atoms with van der Waals surface area (Å²) in [6.07, 6.45) is -1.20. The number of likely N-dealkylation sites (tertiary alicyclic amines) is 1. The summed E-state index contributed by atoms with van der Waals surface area (Å²) in [4.78, 5) is 42.2. The number of carbonyl (C=O) groups excluding carboxylic acids is 2. The Labute approximate surface area is 207 Å². The van der Waals surface area contributed by atoms with Gasteiger partial charge in [-0.2, -0.15) is 5.10 Å². The van der Waals surface area contributed by atoms with Crippen molar-refractivity contribution in [2.24, 2.45) is 5.92 Å². The van der Waals surface area contributed by atoms with Gasteiger partial charge in [0, 0.05) is 42.5 Å². The number of fused-ring (bicyclic) bond motifs is 1. The van der Waals surface area contributed by atoms with Gasteiger partial charge in [-0.25, -0.2) is 22.9 Å². The lowest BCUT2D eigenvalue weighted by Gasteiger charge is -2.36. The number of benzene rings is 1. The maximum atomic E-state index is 14.7. The van der Waals surface area contributed by atoms with Gasteiger partial charge in [-0.1, -0.05) is 6.07 Å². The molecule has 13 heteroatoms. The highest BCUT2D eigenvalue weighted by Gasteiger charge is 2.51. The highest BCUT2D eigenvalue weighted by molar-refractivity contribution is 6.02. The number of aromatic amines is 1. The molecule has 1 saturated heterocycles. The molecule has 2 fully saturated rings. The van der Waals surface area contributed by atoms with Crippen LogP contribution in [0.15, 0.2) is 30.5 Å². The largest absolute Gasteiger partial charge is 0.480 e. The van der Waals surface area contributed by atoms with E-state index in [0.717, 1.165) is 0 Å². The topological polar surface area (TPSA) is 138 Å². The van der Waals surface area contributed by atoms with Crippen molar-refractivity contribution in [2.75, 3.05) is 20.2 Å². The minimum absolute atomic E-state index is 0.00457. The summed E-state index contributed by atoms with van der Waals surface area (Å²) in [6, 6.07) is 5.36. The first-order valence-corrected chi connectivity index (χ1v) is 11.4. The van der Waals surface area contributed by atoms with Crippen LogP contribution in [0.2, 0.25) is 0 Å². The van der Waals surface area contributed by atoms with Crippen LogP contribution < -0.4 is 10.1 Å². The van der Waals surface area contributed by atoms with Crippen molar-refractivity contribution in [1.29, 1.82) is 0 Å². The van der Waals surface area contributed by atoms with Crippen molar-refractivity contribution in [3.63, 3.8) is 0 Å². The van der Waals surface area contributed by atoms with Gasteiger partial charge >= 0.3 is 5.97 Å². The van der Waals surface area contributed by atoms with E-state index in [-0.39, 0.29) is 30.2 Å². The summed E-state index contributed by atoms with van der Waals surface area (Å²) in [7, 11) is 1.32. The minimum atomic E-state index is -2.86. The molecular weight excluding hydrogens is 495 g/mol. The fourth-order valence-corrected chi connectivity index (χ4v) is 4.72. The number of carbonyl (C=O) groups is 3. The van der Waals surface area contributed by atoms with Crippen molar-refractivity contribution in [1.82, 2.24) is 25.4 Å². The van der Waals surface area contributed by atoms with Gasteiger partial charge in [0.1, 0.15) is 11.7 Å². The number of hydrogen-bond donors (Lipinski definition) is 3. The number of rotatable bonds is 6. The number of H-pyrrole nitrogens is 1. The number of carboxylic acid groups (broad SMARTS) is 1. The smallest absolute Gasteiger partial charge is 0.357 e. The van der Waals surface area contributed by atoms with Crippen LogP contribution in [0.4, 0.5) is 13.2 Å². The number of ether oxygens (including phenoxy) is 1. The number of amides is 2. The van der Waals surface area contributed by atoms with Crippen molar-refractivity contribution in [3.8, 4) is 17.0 Å². The van der Waals surface area contributed by atoms with Gasteiger partial charge < -0.3 is 20.1 Å². The van der Waals surface area contributed by atoms with Crippen LogP contribution in [0.1, 0.15) is 33.7 Å². The molecule has 37 heavy (non-hydrogen) atoms. The zero-order chi connectivity index (χ0) is 26.5. The first-order chi connectivity index (χ1) is 17.6. The molecule has 2 amide bonds. The normalized spacial score (nSPS) is 21.0. The molecule has 0 unspecified atom stereocenters. The number of aromatic carboxylic acids is 1. The summed E-state index contributed by atoms with van der Waals surface area (Å²) in [5.41, 5.74) is 1.48. The van der Waals surface area contributed by atoms with E-state index < -0.39 is 54.7 Å². The number of nitrogens with one attached hydrogen (secondary N) is 2. The van der Waals surface area contributed by atoms with Crippen molar-refractivity contribution >= 4 is 28.7 Å². The molecule has 0 spiro atoms. The Balaban J connectivity index is 1.33. The second-order valence-corrected chi connectivity index (χ2v) is 9.22. The number of carboxylic acids is 1. The molecule has 3 N–H and O–H groups in total. The molecule has 2 aromatic heterocycles. The molecule has 1 aromatic carbocycles. The fourth-order valence-electron chi connectivity index (χ4n) is 4.72. The monoisotopic (exact) mass is 517 g/mol. The standard InChI is InChI=1S/C24H22F3N5O5/c1-37-21-15(4-12(8-28-21)11-2-3-14-17(5-11)30-31-19(14)23(35)36)20(33)29-18-10-32(9-16(18)25)22(34)13-6-24(26,27)7-13/h2-5,8,13,16,18H,6-7,9-10H2,1H3,(H,29,33)(H,30,31)(H,35,36)/t16-,18+/m0/s1. The average molecular weight is 517 g/mol. The van der Waals surface area contributed by atoms with Gasteiger partial charge in [0.25, 0.3) is 5.91 Å². The van der Waals surface area contributed by atoms with Crippen LogP contribution in [0.25, 0.3) is 22.0 Å². The molecule has 1 aliphatic carbocycles. The van der Waals surface area contributed by atoms with E-state index in [1.807, 2.05) is 0 Å². The van der Waals surface area contributed by atoms with Gasteiger partial charge in [0.2, 0.25) is 17.7 Å². The summed E-state index contributed by atoms with van der Waals surface area (Å²) >= 11 is 0. The summed E-state index contributed by atoms with van der Waals surface area (Å²) in [5.74, 6) is -6.09. The van der Waals surface area contributed by atoms with Crippen LogP contribution in [-0.2, 0) is 4.79 Å². The zero-order valence-electron chi connectivity index (χ0n) is 19.5. The van der Waals surface area contributed by atoms with Gasteiger partial charge in [-0.15, -0.1) is 0 Å². The Hall–Kier alpha value is -4.16. The van der Waals surface area contributed by atoms with E-state index in [1.54, 1.807) is 18.2 Å². The van der Waals surface area contributed by atoms with Crippen LogP contribution in [0.5, 0.6) is 5.88 Å². The Morgan fingerprint density at radius 2 is 1.95 bits per heavy atom. The first-order valence-electron chi connectivity index (χ1n) is 11.4. The van der Waals surface area contributed by atoms with E-state index >= 15 is 0 Å². The lowest BCUT2D eigenvalue weighted by molar-refractivity contribution is -0.159. The number of nitrogens with zero attached hydrogens (tertiary/aromatic N) is 3. The third kappa shape index (κ3) is 4.56. The molecule has 3 aromatic rings. The highest BCUT2D eigenvalue weighted by Crippen LogP contribution is 2.43. The first kappa shape index (κ1) is 24.5. The SMILES string of the molecule is COc1ncc(-c2ccc3c(C(=O)O)n[nH]c3c2)cc1C(=O)N[C@@H]1CN(C(=O)C2CC(F)(F)C2)C[C@@H]1F. The predicted molar refractivity (Wildman–Crippen MR) is 123 cm³/mol. The average Bonchev–Trinajstić information content (AvgIpc) is 3.44. The van der Waals surface area contributed by atoms with Gasteiger partial charge in [-0.05, 0) is 23.8 Å². The second kappa shape index (κ2) is 9.05. The number of pyridine rings is 1. The number of halogens is 3. The lowest BCUT2D eigenvalue weighted by atomic mass is 9.80. The molecule has 0 bridgehead atoms. The van der Waals surface area contributed by atoms with Crippen molar-refractivity contribution in [3.05, 3.63) is 41.7 Å². The van der Waals surface area contributed by atoms with Crippen LogP contribution in [-0.4, -0.2) is 81.3 Å². The quantitative estimate of drug-likeness (QED) is 0.457. The molecule has 0 radical (unpaired) electrons. The molecule has 2 aliphatic rings. The third-order valence-corrected chi connectivity index (χ3v) is 6.70. The minimum Gasteiger partial charge on any atom is -0.480 e. The predicted octanol–water partition coefficient (Wildman–Crippen LogP) is 2.66. The summed E-state index contributed by atoms with van der Waals surface area (Å²) in [6.45, 7) is -0.421. The van der Waals surface area contributed by atoms with Crippen LogP contribution >= 0.6 is 0 Å².